The molecule has 0 fully saturated rings. The van der Waals surface area contributed by atoms with Crippen molar-refractivity contribution in [1.82, 2.24) is 5.32 Å². The van der Waals surface area contributed by atoms with Gasteiger partial charge in [0.25, 0.3) is 5.91 Å². The lowest BCUT2D eigenvalue weighted by Crippen LogP contribution is -2.22. The lowest BCUT2D eigenvalue weighted by molar-refractivity contribution is 0.0950. The third-order valence-corrected chi connectivity index (χ3v) is 3.26. The van der Waals surface area contributed by atoms with Crippen molar-refractivity contribution in [1.29, 1.82) is 0 Å². The molecule has 1 amide bonds. The van der Waals surface area contributed by atoms with Gasteiger partial charge in [0.2, 0.25) is 0 Å². The number of hydrogen-bond acceptors (Lipinski definition) is 3. The van der Waals surface area contributed by atoms with E-state index in [1.54, 1.807) is 0 Å². The van der Waals surface area contributed by atoms with Crippen LogP contribution in [0.4, 0.5) is 4.39 Å². The van der Waals surface area contributed by atoms with Crippen molar-refractivity contribution >= 4 is 5.91 Å². The monoisotopic (exact) mass is 317 g/mol. The summed E-state index contributed by atoms with van der Waals surface area (Å²) in [5.41, 5.74) is 1.20. The first-order valence-electron chi connectivity index (χ1n) is 7.47. The Labute approximate surface area is 135 Å². The molecule has 2 aromatic rings. The first-order valence-corrected chi connectivity index (χ1v) is 7.47. The highest BCUT2D eigenvalue weighted by Crippen LogP contribution is 2.18. The fourth-order valence-corrected chi connectivity index (χ4v) is 2.02. The number of halogens is 1. The zero-order valence-electron chi connectivity index (χ0n) is 13.3. The summed E-state index contributed by atoms with van der Waals surface area (Å²) >= 11 is 0. The molecule has 2 rings (SSSR count). The maximum atomic E-state index is 13.6. The maximum Gasteiger partial charge on any atom is 0.251 e. The minimum absolute atomic E-state index is 0.115. The van der Waals surface area contributed by atoms with E-state index in [1.807, 2.05) is 31.2 Å². The van der Waals surface area contributed by atoms with E-state index in [0.29, 0.717) is 13.2 Å². The molecule has 0 saturated carbocycles. The molecule has 0 unspecified atom stereocenters. The second-order valence-corrected chi connectivity index (χ2v) is 5.02. The lowest BCUT2D eigenvalue weighted by Gasteiger charge is -2.08. The molecule has 0 aliphatic heterocycles. The third-order valence-electron chi connectivity index (χ3n) is 3.26. The standard InChI is InChI=1S/C18H20FNO3/c1-3-10-23-15-7-4-13(5-8-15)12-20-18(21)14-6-9-17(22-2)16(19)11-14/h4-9,11H,3,10,12H2,1-2H3,(H,20,21). The average molecular weight is 317 g/mol. The number of ether oxygens (including phenoxy) is 2. The normalized spacial score (nSPS) is 10.2. The topological polar surface area (TPSA) is 47.6 Å². The average Bonchev–Trinajstić information content (AvgIpc) is 2.58. The molecule has 2 aromatic carbocycles. The van der Waals surface area contributed by atoms with Crippen molar-refractivity contribution in [3.8, 4) is 11.5 Å². The molecule has 122 valence electrons. The van der Waals surface area contributed by atoms with E-state index in [9.17, 15) is 9.18 Å². The molecule has 4 nitrogen and oxygen atoms in total. The van der Waals surface area contributed by atoms with Crippen LogP contribution in [-0.4, -0.2) is 19.6 Å². The number of benzene rings is 2. The predicted octanol–water partition coefficient (Wildman–Crippen LogP) is 3.55. The summed E-state index contributed by atoms with van der Waals surface area (Å²) in [7, 11) is 1.38. The van der Waals surface area contributed by atoms with Crippen molar-refractivity contribution in [3.05, 3.63) is 59.4 Å². The van der Waals surface area contributed by atoms with Crippen LogP contribution < -0.4 is 14.8 Å². The van der Waals surface area contributed by atoms with Gasteiger partial charge in [0.05, 0.1) is 13.7 Å². The molecular weight excluding hydrogens is 297 g/mol. The number of carbonyl (C=O) groups is 1. The van der Waals surface area contributed by atoms with Crippen LogP contribution >= 0.6 is 0 Å². The van der Waals surface area contributed by atoms with E-state index >= 15 is 0 Å². The third kappa shape index (κ3) is 4.71. The number of methoxy groups -OCH3 is 1. The largest absolute Gasteiger partial charge is 0.494 e. The second-order valence-electron chi connectivity index (χ2n) is 5.02. The van der Waals surface area contributed by atoms with E-state index in [1.165, 1.54) is 19.2 Å². The molecule has 0 aliphatic carbocycles. The van der Waals surface area contributed by atoms with Crippen molar-refractivity contribution in [2.75, 3.05) is 13.7 Å². The van der Waals surface area contributed by atoms with Crippen LogP contribution in [0.25, 0.3) is 0 Å². The molecule has 0 atom stereocenters. The molecule has 0 radical (unpaired) electrons. The van der Waals surface area contributed by atoms with Crippen LogP contribution in [0.2, 0.25) is 0 Å². The first kappa shape index (κ1) is 16.8. The molecule has 23 heavy (non-hydrogen) atoms. The second kappa shape index (κ2) is 8.17. The Morgan fingerprint density at radius 2 is 1.91 bits per heavy atom. The van der Waals surface area contributed by atoms with Gasteiger partial charge < -0.3 is 14.8 Å². The number of rotatable bonds is 7. The van der Waals surface area contributed by atoms with Gasteiger partial charge in [0.1, 0.15) is 5.75 Å². The summed E-state index contributed by atoms with van der Waals surface area (Å²) in [6.45, 7) is 3.09. The Morgan fingerprint density at radius 3 is 2.52 bits per heavy atom. The number of amides is 1. The van der Waals surface area contributed by atoms with Crippen LogP contribution in [0.1, 0.15) is 29.3 Å². The number of hydrogen-bond donors (Lipinski definition) is 1. The van der Waals surface area contributed by atoms with Gasteiger partial charge in [-0.15, -0.1) is 0 Å². The van der Waals surface area contributed by atoms with Crippen molar-refractivity contribution < 1.29 is 18.7 Å². The van der Waals surface area contributed by atoms with Crippen LogP contribution in [-0.2, 0) is 6.54 Å². The van der Waals surface area contributed by atoms with Crippen LogP contribution in [0.3, 0.4) is 0 Å². The summed E-state index contributed by atoms with van der Waals surface area (Å²) in [6.07, 6.45) is 0.955. The molecule has 0 bridgehead atoms. The molecule has 1 N–H and O–H groups in total. The molecule has 0 aromatic heterocycles. The molecule has 0 spiro atoms. The van der Waals surface area contributed by atoms with Crippen LogP contribution in [0, 0.1) is 5.82 Å². The highest BCUT2D eigenvalue weighted by atomic mass is 19.1. The summed E-state index contributed by atoms with van der Waals surface area (Å²) in [4.78, 5) is 12.0. The SMILES string of the molecule is CCCOc1ccc(CNC(=O)c2ccc(OC)c(F)c2)cc1. The van der Waals surface area contributed by atoms with Crippen LogP contribution in [0.15, 0.2) is 42.5 Å². The van der Waals surface area contributed by atoms with Gasteiger partial charge in [-0.05, 0) is 42.3 Å². The van der Waals surface area contributed by atoms with Gasteiger partial charge in [0, 0.05) is 12.1 Å². The predicted molar refractivity (Wildman–Crippen MR) is 86.4 cm³/mol. The Bertz CT molecular complexity index is 656. The Balaban J connectivity index is 1.92. The fourth-order valence-electron chi connectivity index (χ4n) is 2.02. The van der Waals surface area contributed by atoms with Crippen molar-refractivity contribution in [2.45, 2.75) is 19.9 Å². The van der Waals surface area contributed by atoms with Gasteiger partial charge >= 0.3 is 0 Å². The zero-order valence-corrected chi connectivity index (χ0v) is 13.3. The Kier molecular flexibility index (Phi) is 5.97. The number of nitrogens with one attached hydrogen (secondary N) is 1. The quantitative estimate of drug-likeness (QED) is 0.849. The van der Waals surface area contributed by atoms with Crippen molar-refractivity contribution in [3.63, 3.8) is 0 Å². The van der Waals surface area contributed by atoms with Gasteiger partial charge in [-0.3, -0.25) is 4.79 Å². The lowest BCUT2D eigenvalue weighted by atomic mass is 10.1. The van der Waals surface area contributed by atoms with Crippen molar-refractivity contribution in [2.24, 2.45) is 0 Å². The van der Waals surface area contributed by atoms with Gasteiger partial charge in [0.15, 0.2) is 11.6 Å². The molecule has 0 aliphatic rings. The summed E-state index contributed by atoms with van der Waals surface area (Å²) < 4.78 is 23.9. The van der Waals surface area contributed by atoms with E-state index in [2.05, 4.69) is 5.32 Å². The summed E-state index contributed by atoms with van der Waals surface area (Å²) in [5, 5.41) is 2.76. The van der Waals surface area contributed by atoms with E-state index in [4.69, 9.17) is 9.47 Å². The highest BCUT2D eigenvalue weighted by Gasteiger charge is 2.09. The molecule has 0 heterocycles. The Hall–Kier alpha value is -2.56. The minimum atomic E-state index is -0.558. The number of carbonyl (C=O) groups excluding carboxylic acids is 1. The summed E-state index contributed by atoms with van der Waals surface area (Å²) in [5.74, 6) is 0.0267. The Morgan fingerprint density at radius 1 is 1.17 bits per heavy atom. The van der Waals surface area contributed by atoms with Gasteiger partial charge in [-0.2, -0.15) is 0 Å². The summed E-state index contributed by atoms with van der Waals surface area (Å²) in [6, 6.07) is 11.6. The molecular formula is C18H20FNO3. The fraction of sp³-hybridized carbons (Fsp3) is 0.278. The minimum Gasteiger partial charge on any atom is -0.494 e. The van der Waals surface area contributed by atoms with Gasteiger partial charge in [-0.25, -0.2) is 4.39 Å². The first-order chi connectivity index (χ1) is 11.1. The van der Waals surface area contributed by atoms with E-state index in [-0.39, 0.29) is 17.2 Å². The maximum absolute atomic E-state index is 13.6. The zero-order chi connectivity index (χ0) is 16.7. The molecule has 0 saturated heterocycles. The van der Waals surface area contributed by atoms with Gasteiger partial charge in [-0.1, -0.05) is 19.1 Å². The van der Waals surface area contributed by atoms with E-state index in [0.717, 1.165) is 23.8 Å². The molecule has 5 heteroatoms. The highest BCUT2D eigenvalue weighted by molar-refractivity contribution is 5.94. The van der Waals surface area contributed by atoms with Crippen LogP contribution in [0.5, 0.6) is 11.5 Å². The smallest absolute Gasteiger partial charge is 0.251 e. The van der Waals surface area contributed by atoms with E-state index < -0.39 is 5.82 Å².